The maximum atomic E-state index is 10.3. The lowest BCUT2D eigenvalue weighted by Crippen LogP contribution is -2.18. The number of nitrogen functional groups attached to an aromatic ring is 1. The van der Waals surface area contributed by atoms with E-state index in [0.29, 0.717) is 58.0 Å². The van der Waals surface area contributed by atoms with Gasteiger partial charge in [-0.1, -0.05) is 29.8 Å². The number of pyridine rings is 1. The van der Waals surface area contributed by atoms with Crippen LogP contribution in [0.25, 0.3) is 33.4 Å². The number of halogens is 1. The number of fused-ring (bicyclic) bond motifs is 1. The van der Waals surface area contributed by atoms with Crippen LogP contribution in [-0.4, -0.2) is 36.8 Å². The second-order valence-electron chi connectivity index (χ2n) is 9.78. The molecule has 0 aliphatic rings. The van der Waals surface area contributed by atoms with Crippen molar-refractivity contribution in [3.63, 3.8) is 0 Å². The first kappa shape index (κ1) is 26.1. The van der Waals surface area contributed by atoms with Gasteiger partial charge in [0, 0.05) is 29.5 Å². The summed E-state index contributed by atoms with van der Waals surface area (Å²) in [7, 11) is 0. The fourth-order valence-electron chi connectivity index (χ4n) is 4.40. The van der Waals surface area contributed by atoms with E-state index in [4.69, 9.17) is 27.3 Å². The standard InChI is InChI=1S/C29H27ClN8O/c1-16-17(14-31)6-4-7-20(16)27-26(18-12-19-15-34-38-25(19)21(30)13-18)35-22(28(32)37-27)10-11-33-24-9-5-8-23(36-24)29(2,3)39/h4-9,12-13,15,39H,10-11H2,1-3H3,(H2,32,37)(H,33,36)(H,34,38). The number of rotatable bonds is 7. The molecule has 0 bridgehead atoms. The van der Waals surface area contributed by atoms with Crippen molar-refractivity contribution in [2.45, 2.75) is 32.8 Å². The highest BCUT2D eigenvalue weighted by molar-refractivity contribution is 6.35. The van der Waals surface area contributed by atoms with Crippen molar-refractivity contribution in [1.82, 2.24) is 25.1 Å². The predicted octanol–water partition coefficient (Wildman–Crippen LogP) is 5.38. The molecule has 0 saturated carbocycles. The number of aromatic nitrogens is 5. The number of nitrogens with one attached hydrogen (secondary N) is 2. The molecule has 9 nitrogen and oxygen atoms in total. The topological polar surface area (TPSA) is 149 Å². The number of hydrogen-bond donors (Lipinski definition) is 4. The first-order chi connectivity index (χ1) is 18.7. The summed E-state index contributed by atoms with van der Waals surface area (Å²) in [4.78, 5) is 14.3. The number of nitrogens with two attached hydrogens (primary N) is 1. The van der Waals surface area contributed by atoms with Gasteiger partial charge in [0.1, 0.15) is 17.2 Å². The van der Waals surface area contributed by atoms with Gasteiger partial charge in [0.2, 0.25) is 0 Å². The van der Waals surface area contributed by atoms with Crippen molar-refractivity contribution in [3.8, 4) is 28.6 Å². The Morgan fingerprint density at radius 1 is 1.10 bits per heavy atom. The highest BCUT2D eigenvalue weighted by Crippen LogP contribution is 2.36. The molecule has 3 heterocycles. The Morgan fingerprint density at radius 3 is 2.67 bits per heavy atom. The van der Waals surface area contributed by atoms with Crippen molar-refractivity contribution in [1.29, 1.82) is 5.26 Å². The van der Waals surface area contributed by atoms with Gasteiger partial charge in [-0.05, 0) is 56.7 Å². The van der Waals surface area contributed by atoms with Gasteiger partial charge in [-0.25, -0.2) is 15.0 Å². The molecule has 2 aromatic carbocycles. The van der Waals surface area contributed by atoms with Crippen LogP contribution in [0.4, 0.5) is 11.6 Å². The molecule has 3 aromatic heterocycles. The van der Waals surface area contributed by atoms with Gasteiger partial charge in [-0.3, -0.25) is 5.10 Å². The Kier molecular flexibility index (Phi) is 6.91. The number of benzene rings is 2. The third kappa shape index (κ3) is 5.25. The maximum Gasteiger partial charge on any atom is 0.146 e. The van der Waals surface area contributed by atoms with Gasteiger partial charge in [0.25, 0.3) is 0 Å². The second kappa shape index (κ2) is 10.3. The smallest absolute Gasteiger partial charge is 0.146 e. The van der Waals surface area contributed by atoms with E-state index in [1.54, 1.807) is 32.2 Å². The van der Waals surface area contributed by atoms with E-state index in [1.807, 2.05) is 43.3 Å². The SMILES string of the molecule is Cc1c(C#N)cccc1-c1nc(N)c(CCNc2cccc(C(C)(C)O)n2)nc1-c1cc(Cl)c2[nH]ncc2c1. The molecule has 5 rings (SSSR count). The van der Waals surface area contributed by atoms with Crippen LogP contribution in [0, 0.1) is 18.3 Å². The average molecular weight is 539 g/mol. The van der Waals surface area contributed by atoms with Crippen LogP contribution >= 0.6 is 11.6 Å². The van der Waals surface area contributed by atoms with Crippen LogP contribution in [0.15, 0.2) is 54.7 Å². The molecule has 5 N–H and O–H groups in total. The lowest BCUT2D eigenvalue weighted by atomic mass is 9.96. The molecule has 0 radical (unpaired) electrons. The predicted molar refractivity (Wildman–Crippen MR) is 153 cm³/mol. The van der Waals surface area contributed by atoms with E-state index in [9.17, 15) is 10.4 Å². The zero-order valence-electron chi connectivity index (χ0n) is 21.7. The van der Waals surface area contributed by atoms with Gasteiger partial charge in [-0.15, -0.1) is 0 Å². The third-order valence-corrected chi connectivity index (χ3v) is 6.82. The summed E-state index contributed by atoms with van der Waals surface area (Å²) in [6, 6.07) is 17.0. The van der Waals surface area contributed by atoms with Crippen molar-refractivity contribution in [3.05, 3.63) is 82.3 Å². The van der Waals surface area contributed by atoms with Crippen LogP contribution in [0.1, 0.15) is 36.4 Å². The van der Waals surface area contributed by atoms with Gasteiger partial charge in [0.05, 0.1) is 51.1 Å². The Morgan fingerprint density at radius 2 is 1.90 bits per heavy atom. The van der Waals surface area contributed by atoms with Crippen LogP contribution in [0.2, 0.25) is 5.02 Å². The van der Waals surface area contributed by atoms with E-state index >= 15 is 0 Å². The number of aromatic amines is 1. The van der Waals surface area contributed by atoms with E-state index in [2.05, 4.69) is 26.6 Å². The van der Waals surface area contributed by atoms with Crippen LogP contribution in [-0.2, 0) is 12.0 Å². The molecule has 10 heteroatoms. The maximum absolute atomic E-state index is 10.3. The largest absolute Gasteiger partial charge is 0.384 e. The highest BCUT2D eigenvalue weighted by Gasteiger charge is 2.20. The van der Waals surface area contributed by atoms with Gasteiger partial charge < -0.3 is 16.2 Å². The Bertz CT molecular complexity index is 1730. The molecule has 0 aliphatic heterocycles. The van der Waals surface area contributed by atoms with Crippen molar-refractivity contribution in [2.24, 2.45) is 0 Å². The summed E-state index contributed by atoms with van der Waals surface area (Å²) in [5.74, 6) is 0.935. The van der Waals surface area contributed by atoms with Gasteiger partial charge in [0.15, 0.2) is 0 Å². The summed E-state index contributed by atoms with van der Waals surface area (Å²) >= 11 is 6.58. The number of nitriles is 1. The minimum atomic E-state index is -1.04. The first-order valence-corrected chi connectivity index (χ1v) is 12.8. The first-order valence-electron chi connectivity index (χ1n) is 12.4. The molecule has 0 unspecified atom stereocenters. The van der Waals surface area contributed by atoms with Crippen LogP contribution in [0.5, 0.6) is 0 Å². The highest BCUT2D eigenvalue weighted by atomic mass is 35.5. The zero-order chi connectivity index (χ0) is 27.7. The number of aliphatic hydroxyl groups is 1. The number of nitrogens with zero attached hydrogens (tertiary/aromatic N) is 5. The minimum Gasteiger partial charge on any atom is -0.384 e. The lowest BCUT2D eigenvalue weighted by molar-refractivity contribution is 0.0740. The van der Waals surface area contributed by atoms with E-state index in [-0.39, 0.29) is 0 Å². The molecule has 196 valence electrons. The monoisotopic (exact) mass is 538 g/mol. The minimum absolute atomic E-state index is 0.297. The molecule has 0 fully saturated rings. The lowest BCUT2D eigenvalue weighted by Gasteiger charge is -2.18. The average Bonchev–Trinajstić information content (AvgIpc) is 3.39. The molecular formula is C29H27ClN8O. The molecular weight excluding hydrogens is 512 g/mol. The van der Waals surface area contributed by atoms with Gasteiger partial charge in [-0.2, -0.15) is 10.4 Å². The van der Waals surface area contributed by atoms with Gasteiger partial charge >= 0.3 is 0 Å². The molecule has 0 spiro atoms. The Labute approximate surface area is 230 Å². The molecule has 39 heavy (non-hydrogen) atoms. The quantitative estimate of drug-likeness (QED) is 0.216. The fraction of sp³-hybridized carbons (Fsp3) is 0.207. The zero-order valence-corrected chi connectivity index (χ0v) is 22.5. The van der Waals surface area contributed by atoms with E-state index in [0.717, 1.165) is 27.6 Å². The normalized spacial score (nSPS) is 11.5. The summed E-state index contributed by atoms with van der Waals surface area (Å²) in [6.07, 6.45) is 2.18. The molecule has 0 saturated heterocycles. The Balaban J connectivity index is 1.55. The van der Waals surface area contributed by atoms with Crippen LogP contribution in [0.3, 0.4) is 0 Å². The molecule has 5 aromatic rings. The van der Waals surface area contributed by atoms with Crippen molar-refractivity contribution < 1.29 is 5.11 Å². The summed E-state index contributed by atoms with van der Waals surface area (Å²) in [5.41, 5.74) is 11.3. The number of H-pyrrole nitrogens is 1. The molecule has 0 amide bonds. The molecule has 0 atom stereocenters. The summed E-state index contributed by atoms with van der Waals surface area (Å²) in [5, 5.41) is 31.5. The summed E-state index contributed by atoms with van der Waals surface area (Å²) < 4.78 is 0. The van der Waals surface area contributed by atoms with Crippen molar-refractivity contribution in [2.75, 3.05) is 17.6 Å². The molecule has 0 aliphatic carbocycles. The fourth-order valence-corrected chi connectivity index (χ4v) is 4.67. The van der Waals surface area contributed by atoms with Crippen LogP contribution < -0.4 is 11.1 Å². The Hall–Kier alpha value is -4.52. The van der Waals surface area contributed by atoms with E-state index < -0.39 is 5.60 Å². The third-order valence-electron chi connectivity index (χ3n) is 6.53. The second-order valence-corrected chi connectivity index (χ2v) is 10.2. The van der Waals surface area contributed by atoms with E-state index in [1.165, 1.54) is 0 Å². The number of anilines is 2. The van der Waals surface area contributed by atoms with Crippen molar-refractivity contribution >= 4 is 34.1 Å². The summed E-state index contributed by atoms with van der Waals surface area (Å²) in [6.45, 7) is 5.76. The number of hydrogen-bond acceptors (Lipinski definition) is 8.